The van der Waals surface area contributed by atoms with Gasteiger partial charge in [-0.1, -0.05) is 6.92 Å². The first-order valence-electron chi connectivity index (χ1n) is 9.12. The van der Waals surface area contributed by atoms with Crippen LogP contribution in [-0.4, -0.2) is 97.5 Å². The van der Waals surface area contributed by atoms with Crippen LogP contribution in [0.2, 0.25) is 0 Å². The number of carbonyl (C=O) groups is 1. The van der Waals surface area contributed by atoms with Gasteiger partial charge in [0.25, 0.3) is 0 Å². The van der Waals surface area contributed by atoms with E-state index in [9.17, 15) is 4.79 Å². The molecule has 2 heterocycles. The van der Waals surface area contributed by atoms with Gasteiger partial charge in [0.05, 0.1) is 6.54 Å². The third-order valence-electron chi connectivity index (χ3n) is 4.90. The lowest BCUT2D eigenvalue weighted by Crippen LogP contribution is -2.54. The van der Waals surface area contributed by atoms with Crippen molar-refractivity contribution in [3.8, 4) is 0 Å². The summed E-state index contributed by atoms with van der Waals surface area (Å²) in [6.45, 7) is 9.34. The predicted molar refractivity (Wildman–Crippen MR) is 118 cm³/mol. The third kappa shape index (κ3) is 7.50. The summed E-state index contributed by atoms with van der Waals surface area (Å²) in [4.78, 5) is 23.4. The van der Waals surface area contributed by atoms with Gasteiger partial charge in [-0.15, -0.1) is 24.0 Å². The normalized spacial score (nSPS) is 20.8. The molecule has 0 aromatic heterocycles. The van der Waals surface area contributed by atoms with Crippen LogP contribution in [-0.2, 0) is 4.79 Å². The van der Waals surface area contributed by atoms with E-state index in [1.165, 1.54) is 6.42 Å². The van der Waals surface area contributed by atoms with Crippen LogP contribution < -0.4 is 5.32 Å². The van der Waals surface area contributed by atoms with Crippen molar-refractivity contribution in [2.45, 2.75) is 31.4 Å². The minimum Gasteiger partial charge on any atom is -0.355 e. The van der Waals surface area contributed by atoms with Crippen molar-refractivity contribution < 1.29 is 4.79 Å². The molecule has 0 saturated carbocycles. The summed E-state index contributed by atoms with van der Waals surface area (Å²) in [5.41, 5.74) is 0. The Morgan fingerprint density at radius 1 is 1.08 bits per heavy atom. The van der Waals surface area contributed by atoms with Gasteiger partial charge >= 0.3 is 0 Å². The van der Waals surface area contributed by atoms with E-state index in [1.54, 1.807) is 0 Å². The minimum atomic E-state index is 0. The molecular weight excluding hydrogens is 449 g/mol. The largest absolute Gasteiger partial charge is 0.355 e. The van der Waals surface area contributed by atoms with E-state index in [1.807, 2.05) is 23.7 Å². The molecule has 146 valence electrons. The fraction of sp³-hybridized carbons (Fsp3) is 0.882. The molecule has 2 fully saturated rings. The van der Waals surface area contributed by atoms with E-state index >= 15 is 0 Å². The van der Waals surface area contributed by atoms with Crippen LogP contribution in [0.15, 0.2) is 4.99 Å². The van der Waals surface area contributed by atoms with Crippen LogP contribution in [0.25, 0.3) is 0 Å². The van der Waals surface area contributed by atoms with Crippen LogP contribution >= 0.6 is 35.7 Å². The van der Waals surface area contributed by atoms with Crippen molar-refractivity contribution in [1.29, 1.82) is 0 Å². The van der Waals surface area contributed by atoms with Gasteiger partial charge in [-0.05, 0) is 25.5 Å². The Morgan fingerprint density at radius 2 is 1.72 bits per heavy atom. The zero-order valence-electron chi connectivity index (χ0n) is 15.9. The summed E-state index contributed by atoms with van der Waals surface area (Å²) in [5, 5.41) is 4.03. The number of hydrogen-bond acceptors (Lipinski definition) is 4. The quantitative estimate of drug-likeness (QED) is 0.366. The molecule has 8 heteroatoms. The number of rotatable bonds is 5. The van der Waals surface area contributed by atoms with Gasteiger partial charge in [0, 0.05) is 58.1 Å². The van der Waals surface area contributed by atoms with E-state index in [4.69, 9.17) is 0 Å². The lowest BCUT2D eigenvalue weighted by molar-refractivity contribution is -0.133. The van der Waals surface area contributed by atoms with E-state index in [0.29, 0.717) is 17.7 Å². The van der Waals surface area contributed by atoms with Gasteiger partial charge in [-0.3, -0.25) is 14.7 Å². The Kier molecular flexibility index (Phi) is 11.2. The summed E-state index contributed by atoms with van der Waals surface area (Å²) >= 11 is 1.86. The van der Waals surface area contributed by atoms with Crippen molar-refractivity contribution in [1.82, 2.24) is 20.0 Å². The number of nitrogens with one attached hydrogen (secondary N) is 1. The predicted octanol–water partition coefficient (Wildman–Crippen LogP) is 1.56. The molecule has 1 N–H and O–H groups in total. The molecule has 25 heavy (non-hydrogen) atoms. The first-order chi connectivity index (χ1) is 11.6. The molecule has 2 saturated heterocycles. The fourth-order valence-corrected chi connectivity index (χ4v) is 3.45. The Bertz CT molecular complexity index is 423. The maximum Gasteiger partial charge on any atom is 0.236 e. The monoisotopic (exact) mass is 483 g/mol. The lowest BCUT2D eigenvalue weighted by Gasteiger charge is -2.37. The van der Waals surface area contributed by atoms with Crippen LogP contribution in [0.5, 0.6) is 0 Å². The highest BCUT2D eigenvalue weighted by Gasteiger charge is 2.24. The molecular formula is C17H34IN5OS. The number of likely N-dealkylation sites (tertiary alicyclic amines) is 1. The number of piperazine rings is 1. The second-order valence-corrected chi connectivity index (χ2v) is 7.96. The number of piperidine rings is 1. The summed E-state index contributed by atoms with van der Waals surface area (Å²) in [6, 6.07) is 0. The summed E-state index contributed by atoms with van der Waals surface area (Å²) in [6.07, 6.45) is 5.73. The van der Waals surface area contributed by atoms with Crippen LogP contribution in [0.1, 0.15) is 26.2 Å². The maximum absolute atomic E-state index is 12.4. The van der Waals surface area contributed by atoms with Gasteiger partial charge in [-0.25, -0.2) is 0 Å². The van der Waals surface area contributed by atoms with Gasteiger partial charge < -0.3 is 15.1 Å². The number of nitrogens with zero attached hydrogens (tertiary/aromatic N) is 4. The Morgan fingerprint density at radius 3 is 2.28 bits per heavy atom. The summed E-state index contributed by atoms with van der Waals surface area (Å²) < 4.78 is 0. The van der Waals surface area contributed by atoms with Gasteiger partial charge in [0.1, 0.15) is 0 Å². The molecule has 0 bridgehead atoms. The van der Waals surface area contributed by atoms with E-state index in [2.05, 4.69) is 33.3 Å². The highest BCUT2D eigenvalue weighted by atomic mass is 127. The molecule has 1 amide bonds. The highest BCUT2D eigenvalue weighted by Crippen LogP contribution is 2.10. The van der Waals surface area contributed by atoms with Gasteiger partial charge in [0.15, 0.2) is 5.96 Å². The molecule has 1 unspecified atom stereocenters. The van der Waals surface area contributed by atoms with Crippen molar-refractivity contribution in [2.24, 2.45) is 4.99 Å². The van der Waals surface area contributed by atoms with Crippen molar-refractivity contribution in [3.05, 3.63) is 0 Å². The second-order valence-electron chi connectivity index (χ2n) is 6.68. The molecule has 0 aromatic carbocycles. The number of aliphatic imine (C=N–C) groups is 1. The first kappa shape index (κ1) is 22.8. The average molecular weight is 483 g/mol. The summed E-state index contributed by atoms with van der Waals surface area (Å²) in [5.74, 6) is 1.29. The number of halogens is 1. The second kappa shape index (κ2) is 12.2. The Labute approximate surface area is 174 Å². The summed E-state index contributed by atoms with van der Waals surface area (Å²) in [7, 11) is 1.85. The van der Waals surface area contributed by atoms with Gasteiger partial charge in [0.2, 0.25) is 5.91 Å². The molecule has 6 nitrogen and oxygen atoms in total. The third-order valence-corrected chi connectivity index (χ3v) is 5.87. The zero-order chi connectivity index (χ0) is 17.4. The SMILES string of the molecule is CN=C(NCC(C)SC)N1CCN(CC(=O)N2CCCCC2)CC1.I. The molecule has 0 radical (unpaired) electrons. The topological polar surface area (TPSA) is 51.2 Å². The molecule has 1 atom stereocenters. The van der Waals surface area contributed by atoms with Crippen molar-refractivity contribution in [3.63, 3.8) is 0 Å². The fourth-order valence-electron chi connectivity index (χ4n) is 3.20. The molecule has 2 rings (SSSR count). The standard InChI is InChI=1S/C17H33N5OS.HI/c1-15(24-3)13-19-17(18-2)22-11-9-20(10-12-22)14-16(23)21-7-5-4-6-8-21;/h15H,4-14H2,1-3H3,(H,18,19);1H. The molecule has 0 spiro atoms. The number of amides is 1. The average Bonchev–Trinajstić information content (AvgIpc) is 2.64. The molecule has 2 aliphatic heterocycles. The van der Waals surface area contributed by atoms with Gasteiger partial charge in [-0.2, -0.15) is 11.8 Å². The maximum atomic E-state index is 12.4. The van der Waals surface area contributed by atoms with E-state index in [0.717, 1.165) is 64.6 Å². The highest BCUT2D eigenvalue weighted by molar-refractivity contribution is 14.0. The van der Waals surface area contributed by atoms with Crippen molar-refractivity contribution >= 4 is 47.6 Å². The van der Waals surface area contributed by atoms with Crippen LogP contribution in [0.3, 0.4) is 0 Å². The smallest absolute Gasteiger partial charge is 0.236 e. The number of hydrogen-bond donors (Lipinski definition) is 1. The zero-order valence-corrected chi connectivity index (χ0v) is 19.0. The van der Waals surface area contributed by atoms with Crippen LogP contribution in [0, 0.1) is 0 Å². The van der Waals surface area contributed by atoms with E-state index < -0.39 is 0 Å². The lowest BCUT2D eigenvalue weighted by atomic mass is 10.1. The Hall–Kier alpha value is -0.220. The van der Waals surface area contributed by atoms with Crippen LogP contribution in [0.4, 0.5) is 0 Å². The molecule has 0 aliphatic carbocycles. The number of guanidine groups is 1. The number of thioether (sulfide) groups is 1. The minimum absolute atomic E-state index is 0. The first-order valence-corrected chi connectivity index (χ1v) is 10.4. The number of carbonyl (C=O) groups excluding carboxylic acids is 1. The molecule has 2 aliphatic rings. The Balaban J connectivity index is 0.00000312. The molecule has 0 aromatic rings. The van der Waals surface area contributed by atoms with Crippen molar-refractivity contribution in [2.75, 3.05) is 65.7 Å². The van der Waals surface area contributed by atoms with E-state index in [-0.39, 0.29) is 24.0 Å².